The van der Waals surface area contributed by atoms with Gasteiger partial charge in [0.1, 0.15) is 23.8 Å². The Morgan fingerprint density at radius 1 is 1.15 bits per heavy atom. The van der Waals surface area contributed by atoms with Gasteiger partial charge in [-0.05, 0) is 54.3 Å². The SMILES string of the molecule is O=C(CCl)Nc1ccc2c(c1)CC(Nc1ncnc3ccc(F)cc13)C2. The Balaban J connectivity index is 1.54. The molecular formula is C19H16ClFN4O. The molecule has 1 aliphatic rings. The molecule has 2 aromatic carbocycles. The predicted molar refractivity (Wildman–Crippen MR) is 100 cm³/mol. The molecule has 0 bridgehead atoms. The van der Waals surface area contributed by atoms with Gasteiger partial charge in [0.25, 0.3) is 0 Å². The van der Waals surface area contributed by atoms with Crippen molar-refractivity contribution in [1.29, 1.82) is 0 Å². The van der Waals surface area contributed by atoms with E-state index in [4.69, 9.17) is 11.6 Å². The number of carbonyl (C=O) groups excluding carboxylic acids is 1. The van der Waals surface area contributed by atoms with E-state index < -0.39 is 0 Å². The molecule has 3 aromatic rings. The first-order chi connectivity index (χ1) is 12.6. The van der Waals surface area contributed by atoms with Crippen molar-refractivity contribution < 1.29 is 9.18 Å². The van der Waals surface area contributed by atoms with Gasteiger partial charge in [-0.25, -0.2) is 14.4 Å². The molecule has 26 heavy (non-hydrogen) atoms. The summed E-state index contributed by atoms with van der Waals surface area (Å²) in [5.74, 6) is 0.0139. The summed E-state index contributed by atoms with van der Waals surface area (Å²) in [6, 6.07) is 10.5. The van der Waals surface area contributed by atoms with Gasteiger partial charge < -0.3 is 10.6 Å². The number of rotatable bonds is 4. The van der Waals surface area contributed by atoms with Gasteiger partial charge in [-0.15, -0.1) is 11.6 Å². The van der Waals surface area contributed by atoms with E-state index in [9.17, 15) is 9.18 Å². The lowest BCUT2D eigenvalue weighted by Crippen LogP contribution is -2.20. The van der Waals surface area contributed by atoms with Crippen molar-refractivity contribution in [3.05, 3.63) is 59.7 Å². The number of anilines is 2. The fourth-order valence-electron chi connectivity index (χ4n) is 3.33. The van der Waals surface area contributed by atoms with Crippen LogP contribution in [0.5, 0.6) is 0 Å². The summed E-state index contributed by atoms with van der Waals surface area (Å²) in [6.45, 7) is 0. The zero-order valence-corrected chi connectivity index (χ0v) is 14.6. The normalized spacial score (nSPS) is 15.7. The minimum atomic E-state index is -0.315. The number of aromatic nitrogens is 2. The molecule has 0 spiro atoms. The third kappa shape index (κ3) is 3.32. The molecule has 1 heterocycles. The number of halogens is 2. The topological polar surface area (TPSA) is 66.9 Å². The van der Waals surface area contributed by atoms with Crippen LogP contribution < -0.4 is 10.6 Å². The van der Waals surface area contributed by atoms with Crippen LogP contribution in [0.4, 0.5) is 15.9 Å². The van der Waals surface area contributed by atoms with E-state index in [2.05, 4.69) is 20.6 Å². The lowest BCUT2D eigenvalue weighted by Gasteiger charge is -2.14. The summed E-state index contributed by atoms with van der Waals surface area (Å²) in [6.07, 6.45) is 3.10. The van der Waals surface area contributed by atoms with Gasteiger partial charge in [0.15, 0.2) is 0 Å². The Morgan fingerprint density at radius 2 is 2.00 bits per heavy atom. The Labute approximate surface area is 154 Å². The second-order valence-electron chi connectivity index (χ2n) is 6.30. The Kier molecular flexibility index (Phi) is 4.42. The largest absolute Gasteiger partial charge is 0.366 e. The Morgan fingerprint density at radius 3 is 2.85 bits per heavy atom. The maximum Gasteiger partial charge on any atom is 0.239 e. The van der Waals surface area contributed by atoms with Crippen molar-refractivity contribution >= 4 is 39.9 Å². The molecule has 1 amide bonds. The second kappa shape index (κ2) is 6.88. The number of fused-ring (bicyclic) bond motifs is 2. The molecule has 0 radical (unpaired) electrons. The summed E-state index contributed by atoms with van der Waals surface area (Å²) in [5, 5.41) is 6.83. The number of alkyl halides is 1. The van der Waals surface area contributed by atoms with E-state index in [0.29, 0.717) is 16.7 Å². The first-order valence-electron chi connectivity index (χ1n) is 8.27. The maximum atomic E-state index is 13.6. The van der Waals surface area contributed by atoms with Gasteiger partial charge in [0, 0.05) is 17.1 Å². The smallest absolute Gasteiger partial charge is 0.239 e. The third-order valence-electron chi connectivity index (χ3n) is 4.48. The number of carbonyl (C=O) groups is 1. The highest BCUT2D eigenvalue weighted by molar-refractivity contribution is 6.29. The number of hydrogen-bond acceptors (Lipinski definition) is 4. The molecule has 7 heteroatoms. The van der Waals surface area contributed by atoms with Crippen LogP contribution in [-0.4, -0.2) is 27.8 Å². The molecule has 4 rings (SSSR count). The lowest BCUT2D eigenvalue weighted by molar-refractivity contribution is -0.113. The highest BCUT2D eigenvalue weighted by Crippen LogP contribution is 2.29. The molecule has 0 aliphatic heterocycles. The van der Waals surface area contributed by atoms with E-state index in [-0.39, 0.29) is 23.6 Å². The zero-order chi connectivity index (χ0) is 18.1. The fraction of sp³-hybridized carbons (Fsp3) is 0.211. The highest BCUT2D eigenvalue weighted by atomic mass is 35.5. The van der Waals surface area contributed by atoms with Crippen molar-refractivity contribution in [3.8, 4) is 0 Å². The molecule has 5 nitrogen and oxygen atoms in total. The van der Waals surface area contributed by atoms with Crippen LogP contribution in [0.2, 0.25) is 0 Å². The Bertz CT molecular complexity index is 994. The summed E-state index contributed by atoms with van der Waals surface area (Å²) in [7, 11) is 0. The predicted octanol–water partition coefficient (Wildman–Crippen LogP) is 3.53. The standard InChI is InChI=1S/C19H16ClFN4O/c20-9-18(26)24-14-3-1-11-5-15(7-12(11)6-14)25-19-16-8-13(21)2-4-17(16)22-10-23-19/h1-4,6,8,10,15H,5,7,9H2,(H,24,26)(H,22,23,25). The second-order valence-corrected chi connectivity index (χ2v) is 6.57. The average molecular weight is 371 g/mol. The molecule has 2 N–H and O–H groups in total. The van der Waals surface area contributed by atoms with Gasteiger partial charge in [0.2, 0.25) is 5.91 Å². The van der Waals surface area contributed by atoms with Crippen LogP contribution >= 0.6 is 11.6 Å². The molecular weight excluding hydrogens is 355 g/mol. The summed E-state index contributed by atoms with van der Waals surface area (Å²) in [5.41, 5.74) is 3.82. The number of amides is 1. The van der Waals surface area contributed by atoms with Crippen LogP contribution in [0.3, 0.4) is 0 Å². The highest BCUT2D eigenvalue weighted by Gasteiger charge is 2.23. The zero-order valence-electron chi connectivity index (χ0n) is 13.8. The third-order valence-corrected chi connectivity index (χ3v) is 4.72. The quantitative estimate of drug-likeness (QED) is 0.689. The van der Waals surface area contributed by atoms with Gasteiger partial charge >= 0.3 is 0 Å². The van der Waals surface area contributed by atoms with Crippen LogP contribution in [0.25, 0.3) is 10.9 Å². The van der Waals surface area contributed by atoms with Crippen molar-refractivity contribution in [1.82, 2.24) is 9.97 Å². The number of benzene rings is 2. The minimum absolute atomic E-state index is 0.0708. The van der Waals surface area contributed by atoms with Gasteiger partial charge in [-0.2, -0.15) is 0 Å². The molecule has 0 fully saturated rings. The number of nitrogens with zero attached hydrogens (tertiary/aromatic N) is 2. The molecule has 1 unspecified atom stereocenters. The van der Waals surface area contributed by atoms with Gasteiger partial charge in [-0.3, -0.25) is 4.79 Å². The van der Waals surface area contributed by atoms with Crippen LogP contribution in [0.15, 0.2) is 42.7 Å². The average Bonchev–Trinajstić information content (AvgIpc) is 3.03. The number of nitrogens with one attached hydrogen (secondary N) is 2. The van der Waals surface area contributed by atoms with E-state index in [1.54, 1.807) is 6.07 Å². The lowest BCUT2D eigenvalue weighted by atomic mass is 10.1. The first kappa shape index (κ1) is 16.7. The molecule has 1 atom stereocenters. The first-order valence-corrected chi connectivity index (χ1v) is 8.80. The van der Waals surface area contributed by atoms with Crippen LogP contribution in [0.1, 0.15) is 11.1 Å². The van der Waals surface area contributed by atoms with Crippen molar-refractivity contribution in [2.75, 3.05) is 16.5 Å². The summed E-state index contributed by atoms with van der Waals surface area (Å²) in [4.78, 5) is 19.9. The molecule has 0 saturated carbocycles. The summed E-state index contributed by atoms with van der Waals surface area (Å²) < 4.78 is 13.6. The van der Waals surface area contributed by atoms with E-state index >= 15 is 0 Å². The van der Waals surface area contributed by atoms with Crippen molar-refractivity contribution in [3.63, 3.8) is 0 Å². The van der Waals surface area contributed by atoms with Gasteiger partial charge in [0.05, 0.1) is 5.52 Å². The minimum Gasteiger partial charge on any atom is -0.366 e. The Hall–Kier alpha value is -2.73. The van der Waals surface area contributed by atoms with Crippen molar-refractivity contribution in [2.45, 2.75) is 18.9 Å². The van der Waals surface area contributed by atoms with Gasteiger partial charge in [-0.1, -0.05) is 6.07 Å². The fourth-order valence-corrected chi connectivity index (χ4v) is 3.40. The molecule has 132 valence electrons. The summed E-state index contributed by atoms with van der Waals surface area (Å²) >= 11 is 5.53. The number of hydrogen-bond donors (Lipinski definition) is 2. The van der Waals surface area contributed by atoms with Crippen LogP contribution in [-0.2, 0) is 17.6 Å². The van der Waals surface area contributed by atoms with E-state index in [0.717, 1.165) is 18.5 Å². The molecule has 0 saturated heterocycles. The monoisotopic (exact) mass is 370 g/mol. The molecule has 1 aliphatic carbocycles. The molecule has 1 aromatic heterocycles. The maximum absolute atomic E-state index is 13.6. The van der Waals surface area contributed by atoms with E-state index in [1.165, 1.54) is 29.6 Å². The van der Waals surface area contributed by atoms with Crippen molar-refractivity contribution in [2.24, 2.45) is 0 Å². The van der Waals surface area contributed by atoms with Crippen LogP contribution in [0, 0.1) is 5.82 Å². The van der Waals surface area contributed by atoms with E-state index in [1.807, 2.05) is 18.2 Å².